The Morgan fingerprint density at radius 3 is 3.06 bits per heavy atom. The summed E-state index contributed by atoms with van der Waals surface area (Å²) >= 11 is 1.55. The largest absolute Gasteiger partial charge is 0.481 e. The Kier molecular flexibility index (Phi) is 3.38. The summed E-state index contributed by atoms with van der Waals surface area (Å²) in [5, 5.41) is 11.5. The van der Waals surface area contributed by atoms with Crippen molar-refractivity contribution in [1.29, 1.82) is 0 Å². The maximum absolute atomic E-state index is 10.6. The molecule has 94 valence electrons. The van der Waals surface area contributed by atoms with E-state index in [0.717, 1.165) is 18.2 Å². The van der Waals surface area contributed by atoms with Crippen molar-refractivity contribution in [2.24, 2.45) is 5.41 Å². The fraction of sp³-hybridized carbons (Fsp3) is 0.667. The zero-order valence-electron chi connectivity index (χ0n) is 10.3. The third-order valence-electron chi connectivity index (χ3n) is 3.04. The summed E-state index contributed by atoms with van der Waals surface area (Å²) in [5.74, 6) is -0.819. The number of aromatic nitrogens is 1. The molecule has 0 amide bonds. The molecule has 4 nitrogen and oxygen atoms in total. The molecule has 1 N–H and O–H groups in total. The van der Waals surface area contributed by atoms with Crippen LogP contribution in [-0.2, 0) is 11.2 Å². The average Bonchev–Trinajstić information content (AvgIpc) is 2.63. The topological polar surface area (TPSA) is 53.4 Å². The van der Waals surface area contributed by atoms with Gasteiger partial charge in [0.05, 0.1) is 12.1 Å². The highest BCUT2D eigenvalue weighted by Gasteiger charge is 2.27. The van der Waals surface area contributed by atoms with E-state index in [1.807, 2.05) is 5.38 Å². The molecule has 5 heteroatoms. The summed E-state index contributed by atoms with van der Waals surface area (Å²) in [6.45, 7) is 6.58. The van der Waals surface area contributed by atoms with Crippen LogP contribution >= 0.6 is 11.3 Å². The van der Waals surface area contributed by atoms with Crippen LogP contribution in [0.25, 0.3) is 0 Å². The molecule has 0 aliphatic carbocycles. The zero-order chi connectivity index (χ0) is 12.5. The molecule has 1 aromatic rings. The number of hydrogen-bond acceptors (Lipinski definition) is 4. The summed E-state index contributed by atoms with van der Waals surface area (Å²) in [6.07, 6.45) is 2.45. The maximum atomic E-state index is 10.6. The lowest BCUT2D eigenvalue weighted by Crippen LogP contribution is -2.40. The van der Waals surface area contributed by atoms with Gasteiger partial charge in [0.2, 0.25) is 0 Å². The van der Waals surface area contributed by atoms with Crippen molar-refractivity contribution >= 4 is 22.4 Å². The first-order valence-electron chi connectivity index (χ1n) is 5.87. The van der Waals surface area contributed by atoms with E-state index in [2.05, 4.69) is 23.7 Å². The van der Waals surface area contributed by atoms with Gasteiger partial charge in [-0.25, -0.2) is 4.98 Å². The number of rotatable bonds is 3. The molecule has 2 rings (SSSR count). The van der Waals surface area contributed by atoms with E-state index >= 15 is 0 Å². The van der Waals surface area contributed by atoms with Crippen LogP contribution in [0.1, 0.15) is 32.4 Å². The summed E-state index contributed by atoms with van der Waals surface area (Å²) < 4.78 is 0. The first-order valence-corrected chi connectivity index (χ1v) is 6.75. The van der Waals surface area contributed by atoms with Crippen LogP contribution < -0.4 is 4.90 Å². The number of hydrogen-bond donors (Lipinski definition) is 1. The molecule has 1 fully saturated rings. The molecule has 2 heterocycles. The zero-order valence-corrected chi connectivity index (χ0v) is 11.1. The van der Waals surface area contributed by atoms with Gasteiger partial charge in [-0.15, -0.1) is 11.3 Å². The van der Waals surface area contributed by atoms with Gasteiger partial charge in [0.1, 0.15) is 0 Å². The second-order valence-corrected chi connectivity index (χ2v) is 6.22. The molecule has 0 radical (unpaired) electrons. The average molecular weight is 254 g/mol. The molecule has 0 aromatic carbocycles. The summed E-state index contributed by atoms with van der Waals surface area (Å²) in [7, 11) is 0. The van der Waals surface area contributed by atoms with Crippen LogP contribution in [0.2, 0.25) is 0 Å². The lowest BCUT2D eigenvalue weighted by atomic mass is 9.84. The van der Waals surface area contributed by atoms with Crippen LogP contribution in [0, 0.1) is 5.41 Å². The van der Waals surface area contributed by atoms with Crippen molar-refractivity contribution in [3.05, 3.63) is 11.1 Å². The molecule has 0 atom stereocenters. The minimum atomic E-state index is -0.819. The van der Waals surface area contributed by atoms with Crippen molar-refractivity contribution in [2.45, 2.75) is 33.1 Å². The number of thiazole rings is 1. The number of carboxylic acid groups (broad SMARTS) is 1. The van der Waals surface area contributed by atoms with E-state index in [1.54, 1.807) is 11.3 Å². The molecule has 1 aromatic heterocycles. The van der Waals surface area contributed by atoms with Crippen molar-refractivity contribution in [2.75, 3.05) is 18.0 Å². The molecule has 0 bridgehead atoms. The SMILES string of the molecule is CC1(C)CCCN(c2nc(CC(=O)O)cs2)C1. The number of carboxylic acids is 1. The second kappa shape index (κ2) is 4.64. The summed E-state index contributed by atoms with van der Waals surface area (Å²) in [6, 6.07) is 0. The Morgan fingerprint density at radius 1 is 1.65 bits per heavy atom. The minimum Gasteiger partial charge on any atom is -0.481 e. The van der Waals surface area contributed by atoms with Crippen molar-refractivity contribution in [3.8, 4) is 0 Å². The first kappa shape index (κ1) is 12.4. The van der Waals surface area contributed by atoms with E-state index in [1.165, 1.54) is 12.8 Å². The molecule has 0 unspecified atom stereocenters. The summed E-state index contributed by atoms with van der Waals surface area (Å²) in [4.78, 5) is 17.3. The minimum absolute atomic E-state index is 0.0216. The standard InChI is InChI=1S/C12H18N2O2S/c1-12(2)4-3-5-14(8-12)11-13-9(7-17-11)6-10(15)16/h7H,3-6,8H2,1-2H3,(H,15,16). The number of anilines is 1. The third-order valence-corrected chi connectivity index (χ3v) is 3.99. The second-order valence-electron chi connectivity index (χ2n) is 5.38. The van der Waals surface area contributed by atoms with Crippen LogP contribution in [0.15, 0.2) is 5.38 Å². The monoisotopic (exact) mass is 254 g/mol. The van der Waals surface area contributed by atoms with Crippen LogP contribution in [0.3, 0.4) is 0 Å². The van der Waals surface area contributed by atoms with E-state index in [9.17, 15) is 4.79 Å². The lowest BCUT2D eigenvalue weighted by molar-refractivity contribution is -0.136. The van der Waals surface area contributed by atoms with Crippen LogP contribution in [0.5, 0.6) is 0 Å². The molecular formula is C12H18N2O2S. The Labute approximate surface area is 105 Å². The fourth-order valence-electron chi connectivity index (χ4n) is 2.26. The van der Waals surface area contributed by atoms with E-state index in [0.29, 0.717) is 11.1 Å². The number of aliphatic carboxylic acids is 1. The number of piperidine rings is 1. The molecule has 1 aliphatic rings. The molecule has 17 heavy (non-hydrogen) atoms. The smallest absolute Gasteiger partial charge is 0.309 e. The van der Waals surface area contributed by atoms with Gasteiger partial charge in [0.25, 0.3) is 0 Å². The quantitative estimate of drug-likeness (QED) is 0.900. The highest BCUT2D eigenvalue weighted by atomic mass is 32.1. The van der Waals surface area contributed by atoms with Crippen LogP contribution in [0.4, 0.5) is 5.13 Å². The third kappa shape index (κ3) is 3.19. The van der Waals surface area contributed by atoms with Gasteiger partial charge in [0.15, 0.2) is 5.13 Å². The van der Waals surface area contributed by atoms with Gasteiger partial charge in [-0.05, 0) is 18.3 Å². The van der Waals surface area contributed by atoms with Gasteiger partial charge < -0.3 is 10.0 Å². The van der Waals surface area contributed by atoms with Crippen molar-refractivity contribution < 1.29 is 9.90 Å². The van der Waals surface area contributed by atoms with Gasteiger partial charge in [-0.1, -0.05) is 13.8 Å². The van der Waals surface area contributed by atoms with Gasteiger partial charge in [0, 0.05) is 18.5 Å². The Morgan fingerprint density at radius 2 is 2.41 bits per heavy atom. The molecule has 1 aliphatic heterocycles. The molecule has 0 saturated carbocycles. The van der Waals surface area contributed by atoms with Crippen molar-refractivity contribution in [3.63, 3.8) is 0 Å². The molecule has 1 saturated heterocycles. The molecule has 0 spiro atoms. The van der Waals surface area contributed by atoms with E-state index < -0.39 is 5.97 Å². The predicted molar refractivity (Wildman–Crippen MR) is 68.7 cm³/mol. The lowest BCUT2D eigenvalue weighted by Gasteiger charge is -2.37. The molecular weight excluding hydrogens is 236 g/mol. The van der Waals surface area contributed by atoms with Gasteiger partial charge in [-0.3, -0.25) is 4.79 Å². The first-order chi connectivity index (χ1) is 7.96. The maximum Gasteiger partial charge on any atom is 0.309 e. The number of nitrogens with zero attached hydrogens (tertiary/aromatic N) is 2. The predicted octanol–water partition coefficient (Wildman–Crippen LogP) is 2.40. The number of carbonyl (C=O) groups is 1. The Bertz CT molecular complexity index is 414. The van der Waals surface area contributed by atoms with E-state index in [4.69, 9.17) is 5.11 Å². The normalized spacial score (nSPS) is 19.3. The Balaban J connectivity index is 2.06. The summed E-state index contributed by atoms with van der Waals surface area (Å²) in [5.41, 5.74) is 0.998. The van der Waals surface area contributed by atoms with Gasteiger partial charge in [-0.2, -0.15) is 0 Å². The Hall–Kier alpha value is -1.10. The highest BCUT2D eigenvalue weighted by Crippen LogP contribution is 2.32. The van der Waals surface area contributed by atoms with Crippen molar-refractivity contribution in [1.82, 2.24) is 4.98 Å². The highest BCUT2D eigenvalue weighted by molar-refractivity contribution is 7.13. The fourth-order valence-corrected chi connectivity index (χ4v) is 3.12. The van der Waals surface area contributed by atoms with Crippen LogP contribution in [-0.4, -0.2) is 29.1 Å². The van der Waals surface area contributed by atoms with E-state index in [-0.39, 0.29) is 6.42 Å². The van der Waals surface area contributed by atoms with Gasteiger partial charge >= 0.3 is 5.97 Å².